The Hall–Kier alpha value is -2.93. The third-order valence-corrected chi connectivity index (χ3v) is 3.34. The molecule has 1 heterocycles. The number of aromatic nitrogens is 2. The predicted molar refractivity (Wildman–Crippen MR) is 79.0 cm³/mol. The molecule has 0 fully saturated rings. The number of aryl methyl sites for hydroxylation is 1. The van der Waals surface area contributed by atoms with E-state index in [-0.39, 0.29) is 0 Å². The van der Waals surface area contributed by atoms with Gasteiger partial charge in [-0.1, -0.05) is 6.07 Å². The Labute approximate surface area is 156 Å². The van der Waals surface area contributed by atoms with Crippen LogP contribution in [-0.2, 0) is 7.05 Å². The number of anilines is 1. The molecule has 5 nitrogen and oxygen atoms in total. The van der Waals surface area contributed by atoms with Crippen LogP contribution >= 0.6 is 0 Å². The molecule has 29 heavy (non-hydrogen) atoms. The summed E-state index contributed by atoms with van der Waals surface area (Å²) in [4.78, 5) is 12.2. The lowest BCUT2D eigenvalue weighted by atomic mass is 10.2. The minimum Gasteiger partial charge on any atom is -0.425 e. The molecule has 0 bridgehead atoms. The Kier molecular flexibility index (Phi) is 6.04. The van der Waals surface area contributed by atoms with Gasteiger partial charge in [-0.25, -0.2) is 17.6 Å². The Bertz CT molecular complexity index is 896. The summed E-state index contributed by atoms with van der Waals surface area (Å²) in [5, 5.41) is 5.08. The smallest absolute Gasteiger partial charge is 0.425 e. The first-order valence-electron chi connectivity index (χ1n) is 7.43. The second kappa shape index (κ2) is 7.83. The Balaban J connectivity index is 2.37. The van der Waals surface area contributed by atoms with Crippen molar-refractivity contribution in [2.45, 2.75) is 24.9 Å². The van der Waals surface area contributed by atoms with Gasteiger partial charge in [-0.2, -0.15) is 27.1 Å². The van der Waals surface area contributed by atoms with Crippen LogP contribution in [0, 0.1) is 5.82 Å². The number of hydrogen-bond donors (Lipinski definition) is 1. The topological polar surface area (TPSA) is 56.2 Å². The maximum Gasteiger partial charge on any atom is 0.439 e. The highest BCUT2D eigenvalue weighted by molar-refractivity contribution is 6.05. The van der Waals surface area contributed by atoms with Gasteiger partial charge in [0.2, 0.25) is 0 Å². The average Bonchev–Trinajstić information content (AvgIpc) is 2.98. The van der Waals surface area contributed by atoms with Gasteiger partial charge in [-0.15, -0.1) is 0 Å². The second-order valence-corrected chi connectivity index (χ2v) is 5.54. The quantitative estimate of drug-likeness (QED) is 0.674. The van der Waals surface area contributed by atoms with Crippen LogP contribution < -0.4 is 10.1 Å². The minimum atomic E-state index is -6.03. The van der Waals surface area contributed by atoms with Gasteiger partial charge in [0, 0.05) is 13.2 Å². The van der Waals surface area contributed by atoms with E-state index in [2.05, 4.69) is 9.84 Å². The Morgan fingerprint density at radius 1 is 1.17 bits per heavy atom. The zero-order valence-electron chi connectivity index (χ0n) is 14.1. The largest absolute Gasteiger partial charge is 0.439 e. The second-order valence-electron chi connectivity index (χ2n) is 5.54. The molecule has 1 N–H and O–H groups in total. The monoisotopic (exact) mass is 435 g/mol. The van der Waals surface area contributed by atoms with E-state index in [4.69, 9.17) is 0 Å². The number of nitrogens with zero attached hydrogens (tertiary/aromatic N) is 2. The van der Waals surface area contributed by atoms with Crippen molar-refractivity contribution in [3.8, 4) is 5.75 Å². The van der Waals surface area contributed by atoms with E-state index in [0.29, 0.717) is 6.07 Å². The van der Waals surface area contributed by atoms with Crippen LogP contribution in [0.2, 0.25) is 0 Å². The molecule has 0 spiro atoms. The van der Waals surface area contributed by atoms with E-state index in [1.54, 1.807) is 5.32 Å². The summed E-state index contributed by atoms with van der Waals surface area (Å²) in [6.45, 7) is 0. The third kappa shape index (κ3) is 4.92. The van der Waals surface area contributed by atoms with Crippen molar-refractivity contribution in [2.24, 2.45) is 7.05 Å². The number of hydrogen-bond acceptors (Lipinski definition) is 3. The summed E-state index contributed by atoms with van der Waals surface area (Å²) < 4.78 is 121. The van der Waals surface area contributed by atoms with Crippen LogP contribution in [0.5, 0.6) is 5.75 Å². The number of benzene rings is 1. The number of carbonyl (C=O) groups is 1. The first kappa shape index (κ1) is 22.4. The highest BCUT2D eigenvalue weighted by Gasteiger charge is 2.59. The van der Waals surface area contributed by atoms with E-state index < -0.39 is 59.3 Å². The van der Waals surface area contributed by atoms with Crippen LogP contribution in [0.1, 0.15) is 22.5 Å². The third-order valence-electron chi connectivity index (χ3n) is 3.34. The van der Waals surface area contributed by atoms with Gasteiger partial charge in [0.25, 0.3) is 18.5 Å². The molecule has 0 saturated carbocycles. The number of alkyl halides is 8. The minimum absolute atomic E-state index is 0.483. The Morgan fingerprint density at radius 2 is 1.79 bits per heavy atom. The van der Waals surface area contributed by atoms with E-state index in [0.717, 1.165) is 23.0 Å². The van der Waals surface area contributed by atoms with Crippen LogP contribution in [-0.4, -0.2) is 34.1 Å². The van der Waals surface area contributed by atoms with Gasteiger partial charge in [0.1, 0.15) is 5.69 Å². The van der Waals surface area contributed by atoms with Gasteiger partial charge in [0.15, 0.2) is 11.6 Å². The highest BCUT2D eigenvalue weighted by atomic mass is 19.4. The van der Waals surface area contributed by atoms with Crippen LogP contribution in [0.4, 0.5) is 45.2 Å². The SMILES string of the molecule is Cn1cc(C(=O)Nc2cccc(F)c2OC(F)(F)C(F)C(F)(F)F)c(C(F)F)n1. The lowest BCUT2D eigenvalue weighted by molar-refractivity contribution is -0.305. The van der Waals surface area contributed by atoms with Gasteiger partial charge < -0.3 is 10.1 Å². The Morgan fingerprint density at radius 3 is 2.34 bits per heavy atom. The average molecular weight is 435 g/mol. The molecule has 1 atom stereocenters. The zero-order chi connectivity index (χ0) is 22.1. The number of nitrogens with one attached hydrogen (secondary N) is 1. The fourth-order valence-electron chi connectivity index (χ4n) is 2.12. The first-order valence-corrected chi connectivity index (χ1v) is 7.43. The molecule has 0 saturated heterocycles. The number of rotatable bonds is 6. The lowest BCUT2D eigenvalue weighted by Crippen LogP contribution is -2.46. The predicted octanol–water partition coefficient (Wildman–Crippen LogP) is 4.62. The van der Waals surface area contributed by atoms with E-state index in [9.17, 15) is 44.3 Å². The molecule has 0 aliphatic rings. The molecule has 1 amide bonds. The fourth-order valence-corrected chi connectivity index (χ4v) is 2.12. The summed E-state index contributed by atoms with van der Waals surface area (Å²) in [5.74, 6) is -4.67. The van der Waals surface area contributed by atoms with Crippen molar-refractivity contribution in [1.82, 2.24) is 9.78 Å². The number of halogens is 9. The molecule has 14 heteroatoms. The summed E-state index contributed by atoms with van der Waals surface area (Å²) in [7, 11) is 1.19. The number of para-hydroxylation sites is 1. The van der Waals surface area contributed by atoms with Crippen molar-refractivity contribution in [1.29, 1.82) is 0 Å². The maximum atomic E-state index is 13.9. The lowest BCUT2D eigenvalue weighted by Gasteiger charge is -2.24. The number of ether oxygens (including phenoxy) is 1. The molecule has 1 aromatic carbocycles. The summed E-state index contributed by atoms with van der Waals surface area (Å²) in [6.07, 6.45) is -18.7. The van der Waals surface area contributed by atoms with Crippen molar-refractivity contribution >= 4 is 11.6 Å². The van der Waals surface area contributed by atoms with Gasteiger partial charge in [-0.05, 0) is 12.1 Å². The highest BCUT2D eigenvalue weighted by Crippen LogP contribution is 2.39. The van der Waals surface area contributed by atoms with Gasteiger partial charge >= 0.3 is 12.3 Å². The zero-order valence-corrected chi connectivity index (χ0v) is 14.1. The first-order chi connectivity index (χ1) is 13.2. The van der Waals surface area contributed by atoms with Gasteiger partial charge in [-0.3, -0.25) is 9.48 Å². The molecule has 160 valence electrons. The number of carbonyl (C=O) groups excluding carboxylic acids is 1. The maximum absolute atomic E-state index is 13.9. The molecule has 2 rings (SSSR count). The molecule has 2 aromatic rings. The molecule has 0 aliphatic heterocycles. The molecular weight excluding hydrogens is 425 g/mol. The summed E-state index contributed by atoms with van der Waals surface area (Å²) in [5.41, 5.74) is -2.66. The van der Waals surface area contributed by atoms with E-state index >= 15 is 0 Å². The van der Waals surface area contributed by atoms with Crippen molar-refractivity contribution in [2.75, 3.05) is 5.32 Å². The normalized spacial score (nSPS) is 13.5. The molecular formula is C15H10F9N3O2. The van der Waals surface area contributed by atoms with Crippen molar-refractivity contribution < 1.29 is 49.0 Å². The fraction of sp³-hybridized carbons (Fsp3) is 0.333. The van der Waals surface area contributed by atoms with Crippen LogP contribution in [0.25, 0.3) is 0 Å². The standard InChI is InChI=1S/C15H10F9N3O2/c1-27-5-6(9(26-27)11(17)18)12(28)25-8-4-2-3-7(16)10(8)29-15(23,24)13(19)14(20,21)22/h2-5,11,13H,1H3,(H,25,28). The molecule has 1 unspecified atom stereocenters. The molecule has 1 aromatic heterocycles. The van der Waals surface area contributed by atoms with Crippen molar-refractivity contribution in [3.05, 3.63) is 41.5 Å². The molecule has 0 aliphatic carbocycles. The molecule has 0 radical (unpaired) electrons. The van der Waals surface area contributed by atoms with Gasteiger partial charge in [0.05, 0.1) is 11.3 Å². The van der Waals surface area contributed by atoms with E-state index in [1.165, 1.54) is 7.05 Å². The number of amides is 1. The van der Waals surface area contributed by atoms with Crippen LogP contribution in [0.15, 0.2) is 24.4 Å². The summed E-state index contributed by atoms with van der Waals surface area (Å²) >= 11 is 0. The van der Waals surface area contributed by atoms with Crippen LogP contribution in [0.3, 0.4) is 0 Å². The van der Waals surface area contributed by atoms with E-state index in [1.807, 2.05) is 0 Å². The van der Waals surface area contributed by atoms with Crippen molar-refractivity contribution in [3.63, 3.8) is 0 Å². The summed E-state index contributed by atoms with van der Waals surface area (Å²) in [6, 6.07) is 2.06.